The number of benzene rings is 2. The molecule has 1 amide bonds. The fourth-order valence-electron chi connectivity index (χ4n) is 2.62. The first-order valence-corrected chi connectivity index (χ1v) is 9.02. The molecule has 1 aromatic heterocycles. The van der Waals surface area contributed by atoms with Crippen molar-refractivity contribution in [2.75, 3.05) is 13.7 Å². The molecule has 3 rings (SSSR count). The second-order valence-corrected chi connectivity index (χ2v) is 6.45. The summed E-state index contributed by atoms with van der Waals surface area (Å²) in [5, 5.41) is 3.65. The monoisotopic (exact) mass is 398 g/mol. The minimum atomic E-state index is -0.549. The highest BCUT2D eigenvalue weighted by molar-refractivity contribution is 6.30. The van der Waals surface area contributed by atoms with Crippen LogP contribution in [0.1, 0.15) is 11.1 Å². The molecular weight excluding hydrogens is 380 g/mol. The minimum Gasteiger partial charge on any atom is -0.497 e. The number of nitrogens with zero attached hydrogens (tertiary/aromatic N) is 1. The van der Waals surface area contributed by atoms with Gasteiger partial charge in [0, 0.05) is 17.0 Å². The molecule has 7 heteroatoms. The summed E-state index contributed by atoms with van der Waals surface area (Å²) < 4.78 is 10.4. The highest BCUT2D eigenvalue weighted by Crippen LogP contribution is 2.24. The predicted molar refractivity (Wildman–Crippen MR) is 106 cm³/mol. The van der Waals surface area contributed by atoms with Gasteiger partial charge in [-0.15, -0.1) is 0 Å². The molecule has 144 valence electrons. The van der Waals surface area contributed by atoms with E-state index in [-0.39, 0.29) is 30.6 Å². The van der Waals surface area contributed by atoms with E-state index in [0.717, 1.165) is 10.9 Å². The lowest BCUT2D eigenvalue weighted by Crippen LogP contribution is -2.31. The molecule has 0 aliphatic carbocycles. The van der Waals surface area contributed by atoms with Gasteiger partial charge in [-0.3, -0.25) is 9.59 Å². The largest absolute Gasteiger partial charge is 0.497 e. The molecule has 0 spiro atoms. The number of fused-ring (bicyclic) bond motifs is 1. The summed E-state index contributed by atoms with van der Waals surface area (Å²) in [7, 11) is 1.58. The quantitative estimate of drug-likeness (QED) is 0.488. The Morgan fingerprint density at radius 2 is 1.89 bits per heavy atom. The number of carbonyl (C=O) groups excluding carboxylic acids is 2. The first-order chi connectivity index (χ1) is 13.5. The Labute approximate surface area is 167 Å². The van der Waals surface area contributed by atoms with Crippen molar-refractivity contribution in [1.29, 1.82) is 0 Å². The van der Waals surface area contributed by atoms with E-state index in [0.29, 0.717) is 16.8 Å². The van der Waals surface area contributed by atoms with Crippen molar-refractivity contribution in [3.63, 3.8) is 0 Å². The van der Waals surface area contributed by atoms with Crippen LogP contribution in [-0.4, -0.2) is 30.5 Å². The molecule has 1 N–H and O–H groups in total. The number of hydrogen-bond acceptors (Lipinski definition) is 5. The molecule has 6 nitrogen and oxygen atoms in total. The number of nitrogens with one attached hydrogen (secondary N) is 1. The minimum absolute atomic E-state index is 0.0266. The van der Waals surface area contributed by atoms with Crippen LogP contribution in [0.2, 0.25) is 5.15 Å². The zero-order chi connectivity index (χ0) is 19.9. The summed E-state index contributed by atoms with van der Waals surface area (Å²) in [6.45, 7) is -0.233. The molecule has 0 aliphatic heterocycles. The maximum Gasteiger partial charge on any atom is 0.325 e. The van der Waals surface area contributed by atoms with E-state index in [1.165, 1.54) is 0 Å². The van der Waals surface area contributed by atoms with Crippen LogP contribution in [0, 0.1) is 0 Å². The molecule has 0 radical (unpaired) electrons. The summed E-state index contributed by atoms with van der Waals surface area (Å²) in [6, 6.07) is 16.5. The Balaban J connectivity index is 1.52. The van der Waals surface area contributed by atoms with Crippen LogP contribution in [0.3, 0.4) is 0 Å². The summed E-state index contributed by atoms with van der Waals surface area (Å²) in [5.41, 5.74) is 2.15. The lowest BCUT2D eigenvalue weighted by molar-refractivity contribution is -0.145. The van der Waals surface area contributed by atoms with Crippen molar-refractivity contribution in [3.8, 4) is 5.75 Å². The maximum atomic E-state index is 11.9. The van der Waals surface area contributed by atoms with Crippen molar-refractivity contribution < 1.29 is 19.1 Å². The highest BCUT2D eigenvalue weighted by Gasteiger charge is 2.11. The van der Waals surface area contributed by atoms with Gasteiger partial charge in [-0.25, -0.2) is 4.98 Å². The molecule has 3 aromatic rings. The number of aromatic nitrogens is 1. The van der Waals surface area contributed by atoms with E-state index in [2.05, 4.69) is 10.3 Å². The summed E-state index contributed by atoms with van der Waals surface area (Å²) in [6.07, 6.45) is 0.206. The number of esters is 1. The smallest absolute Gasteiger partial charge is 0.325 e. The summed E-state index contributed by atoms with van der Waals surface area (Å²) >= 11 is 6.19. The van der Waals surface area contributed by atoms with E-state index in [4.69, 9.17) is 21.1 Å². The maximum absolute atomic E-state index is 11.9. The lowest BCUT2D eigenvalue weighted by atomic mass is 10.1. The number of ether oxygens (including phenoxy) is 2. The van der Waals surface area contributed by atoms with Gasteiger partial charge < -0.3 is 14.8 Å². The van der Waals surface area contributed by atoms with E-state index in [1.807, 2.05) is 48.5 Å². The number of pyridine rings is 1. The first-order valence-electron chi connectivity index (χ1n) is 8.64. The average Bonchev–Trinajstić information content (AvgIpc) is 2.71. The van der Waals surface area contributed by atoms with Gasteiger partial charge in [0.2, 0.25) is 5.91 Å². The lowest BCUT2D eigenvalue weighted by Gasteiger charge is -2.09. The predicted octanol–water partition coefficient (Wildman–Crippen LogP) is 3.30. The topological polar surface area (TPSA) is 77.5 Å². The molecule has 0 aliphatic rings. The van der Waals surface area contributed by atoms with Gasteiger partial charge in [0.05, 0.1) is 19.0 Å². The van der Waals surface area contributed by atoms with Crippen molar-refractivity contribution in [2.45, 2.75) is 13.0 Å². The Bertz CT molecular complexity index is 992. The van der Waals surface area contributed by atoms with Gasteiger partial charge in [0.1, 0.15) is 24.1 Å². The second kappa shape index (κ2) is 9.19. The Morgan fingerprint density at radius 1 is 1.11 bits per heavy atom. The van der Waals surface area contributed by atoms with Crippen molar-refractivity contribution in [3.05, 3.63) is 70.9 Å². The van der Waals surface area contributed by atoms with Gasteiger partial charge >= 0.3 is 5.97 Å². The zero-order valence-electron chi connectivity index (χ0n) is 15.3. The zero-order valence-corrected chi connectivity index (χ0v) is 16.0. The molecule has 0 saturated carbocycles. The number of rotatable bonds is 7. The molecule has 0 saturated heterocycles. The highest BCUT2D eigenvalue weighted by atomic mass is 35.5. The summed E-state index contributed by atoms with van der Waals surface area (Å²) in [4.78, 5) is 28.1. The van der Waals surface area contributed by atoms with Crippen molar-refractivity contribution >= 4 is 34.4 Å². The van der Waals surface area contributed by atoms with Crippen LogP contribution in [0.15, 0.2) is 54.6 Å². The van der Waals surface area contributed by atoms with Crippen molar-refractivity contribution in [2.24, 2.45) is 0 Å². The first kappa shape index (κ1) is 19.6. The van der Waals surface area contributed by atoms with Gasteiger partial charge in [-0.1, -0.05) is 41.9 Å². The van der Waals surface area contributed by atoms with Gasteiger partial charge in [-0.2, -0.15) is 0 Å². The number of amides is 1. The third-order valence-electron chi connectivity index (χ3n) is 4.08. The number of halogens is 1. The van der Waals surface area contributed by atoms with Crippen LogP contribution >= 0.6 is 11.6 Å². The molecule has 0 bridgehead atoms. The van der Waals surface area contributed by atoms with Crippen molar-refractivity contribution in [1.82, 2.24) is 10.3 Å². The van der Waals surface area contributed by atoms with E-state index < -0.39 is 5.97 Å². The third kappa shape index (κ3) is 5.20. The fourth-order valence-corrected chi connectivity index (χ4v) is 2.82. The van der Waals surface area contributed by atoms with Crippen LogP contribution in [0.5, 0.6) is 5.75 Å². The van der Waals surface area contributed by atoms with E-state index >= 15 is 0 Å². The van der Waals surface area contributed by atoms with E-state index in [9.17, 15) is 9.59 Å². The molecular formula is C21H19ClN2O4. The Hall–Kier alpha value is -3.12. The number of carbonyl (C=O) groups is 2. The normalized spacial score (nSPS) is 10.5. The van der Waals surface area contributed by atoms with Crippen LogP contribution in [0.25, 0.3) is 10.9 Å². The fraction of sp³-hybridized carbons (Fsp3) is 0.190. The molecule has 2 aromatic carbocycles. The summed E-state index contributed by atoms with van der Waals surface area (Å²) in [5.74, 6) is -0.115. The standard InChI is InChI=1S/C21H19ClN2O4/c1-27-17-8-7-15-10-16(21(22)24-18(15)11-17)13-28-20(26)12-23-19(25)9-14-5-3-2-4-6-14/h2-8,10-11H,9,12-13H2,1H3,(H,23,25). The SMILES string of the molecule is COc1ccc2cc(COC(=O)CNC(=O)Cc3ccccc3)c(Cl)nc2c1. The molecule has 0 fully saturated rings. The molecule has 0 unspecified atom stereocenters. The Morgan fingerprint density at radius 3 is 2.64 bits per heavy atom. The number of methoxy groups -OCH3 is 1. The van der Waals surface area contributed by atoms with Gasteiger partial charge in [-0.05, 0) is 23.8 Å². The second-order valence-electron chi connectivity index (χ2n) is 6.10. The van der Waals surface area contributed by atoms with E-state index in [1.54, 1.807) is 13.2 Å². The van der Waals surface area contributed by atoms with Gasteiger partial charge in [0.25, 0.3) is 0 Å². The third-order valence-corrected chi connectivity index (χ3v) is 4.40. The van der Waals surface area contributed by atoms with Crippen LogP contribution < -0.4 is 10.1 Å². The molecule has 0 atom stereocenters. The average molecular weight is 399 g/mol. The number of hydrogen-bond donors (Lipinski definition) is 1. The Kier molecular flexibility index (Phi) is 6.45. The molecule has 1 heterocycles. The van der Waals surface area contributed by atoms with Crippen LogP contribution in [-0.2, 0) is 27.4 Å². The van der Waals surface area contributed by atoms with Gasteiger partial charge in [0.15, 0.2) is 0 Å². The molecule has 28 heavy (non-hydrogen) atoms. The van der Waals surface area contributed by atoms with Crippen LogP contribution in [0.4, 0.5) is 0 Å².